The SMILES string of the molecule is Cc1cc(C(O)C2(c3cccc(F)c3F)SCCCS2)ccc1OC(F)F. The molecule has 1 fully saturated rings. The quantitative estimate of drug-likeness (QED) is 0.637. The van der Waals surface area contributed by atoms with Crippen LogP contribution in [0.4, 0.5) is 17.6 Å². The second-order valence-corrected chi connectivity index (χ2v) is 9.07. The van der Waals surface area contributed by atoms with Gasteiger partial charge < -0.3 is 9.84 Å². The van der Waals surface area contributed by atoms with E-state index in [-0.39, 0.29) is 11.3 Å². The van der Waals surface area contributed by atoms with E-state index >= 15 is 0 Å². The second kappa shape index (κ2) is 8.32. The van der Waals surface area contributed by atoms with Gasteiger partial charge in [-0.15, -0.1) is 23.5 Å². The first-order valence-electron chi connectivity index (χ1n) is 8.31. The van der Waals surface area contributed by atoms with Gasteiger partial charge in [-0.25, -0.2) is 8.78 Å². The third-order valence-electron chi connectivity index (χ3n) is 4.34. The Kier molecular flexibility index (Phi) is 6.28. The minimum absolute atomic E-state index is 0.0101. The molecule has 0 bridgehead atoms. The van der Waals surface area contributed by atoms with Crippen molar-refractivity contribution in [3.63, 3.8) is 0 Å². The van der Waals surface area contributed by atoms with E-state index in [0.29, 0.717) is 22.6 Å². The molecule has 2 nitrogen and oxygen atoms in total. The zero-order chi connectivity index (χ0) is 19.6. The Labute approximate surface area is 163 Å². The molecule has 1 heterocycles. The van der Waals surface area contributed by atoms with Gasteiger partial charge in [0.1, 0.15) is 15.9 Å². The van der Waals surface area contributed by atoms with Crippen LogP contribution in [0.15, 0.2) is 36.4 Å². The first kappa shape index (κ1) is 20.4. The normalized spacial score (nSPS) is 17.7. The fraction of sp³-hybridized carbons (Fsp3) is 0.368. The molecule has 1 N–H and O–H groups in total. The van der Waals surface area contributed by atoms with Crippen molar-refractivity contribution >= 4 is 23.5 Å². The number of thioether (sulfide) groups is 2. The number of benzene rings is 2. The van der Waals surface area contributed by atoms with Crippen LogP contribution in [-0.4, -0.2) is 23.2 Å². The number of halogens is 4. The second-order valence-electron chi connectivity index (χ2n) is 6.13. The predicted octanol–water partition coefficient (Wildman–Crippen LogP) is 5.63. The molecule has 2 aromatic carbocycles. The Morgan fingerprint density at radius 1 is 1.11 bits per heavy atom. The van der Waals surface area contributed by atoms with E-state index < -0.39 is 28.4 Å². The van der Waals surface area contributed by atoms with Gasteiger partial charge in [-0.3, -0.25) is 0 Å². The molecule has 1 saturated heterocycles. The van der Waals surface area contributed by atoms with Gasteiger partial charge in [0.05, 0.1) is 0 Å². The van der Waals surface area contributed by atoms with Gasteiger partial charge >= 0.3 is 6.61 Å². The van der Waals surface area contributed by atoms with Crippen molar-refractivity contribution in [2.75, 3.05) is 11.5 Å². The summed E-state index contributed by atoms with van der Waals surface area (Å²) in [5, 5.41) is 11.1. The molecule has 1 aliphatic heterocycles. The molecule has 146 valence electrons. The summed E-state index contributed by atoms with van der Waals surface area (Å²) in [6.07, 6.45) is -0.274. The van der Waals surface area contributed by atoms with Crippen LogP contribution in [0.5, 0.6) is 5.75 Å². The van der Waals surface area contributed by atoms with Crippen LogP contribution in [0.25, 0.3) is 0 Å². The van der Waals surface area contributed by atoms with Crippen LogP contribution in [0, 0.1) is 18.6 Å². The number of hydrogen-bond acceptors (Lipinski definition) is 4. The molecule has 1 atom stereocenters. The van der Waals surface area contributed by atoms with E-state index in [1.807, 2.05) is 0 Å². The van der Waals surface area contributed by atoms with Crippen LogP contribution in [0.2, 0.25) is 0 Å². The number of ether oxygens (including phenoxy) is 1. The number of alkyl halides is 2. The molecule has 3 rings (SSSR count). The van der Waals surface area contributed by atoms with E-state index in [2.05, 4.69) is 4.74 Å². The van der Waals surface area contributed by atoms with Gasteiger partial charge in [-0.2, -0.15) is 8.78 Å². The summed E-state index contributed by atoms with van der Waals surface area (Å²) >= 11 is 2.73. The Morgan fingerprint density at radius 3 is 2.44 bits per heavy atom. The van der Waals surface area contributed by atoms with Gasteiger partial charge in [-0.05, 0) is 54.2 Å². The lowest BCUT2D eigenvalue weighted by molar-refractivity contribution is -0.0503. The molecule has 0 spiro atoms. The molecule has 1 unspecified atom stereocenters. The summed E-state index contributed by atoms with van der Waals surface area (Å²) in [5.41, 5.74) is 0.947. The molecule has 0 radical (unpaired) electrons. The van der Waals surface area contributed by atoms with Crippen molar-refractivity contribution in [1.82, 2.24) is 0 Å². The molecule has 0 amide bonds. The van der Waals surface area contributed by atoms with Gasteiger partial charge in [0.25, 0.3) is 0 Å². The highest BCUT2D eigenvalue weighted by molar-refractivity contribution is 8.18. The maximum atomic E-state index is 14.6. The molecule has 27 heavy (non-hydrogen) atoms. The largest absolute Gasteiger partial charge is 0.435 e. The standard InChI is InChI=1S/C19H18F4O2S2/c1-11-10-12(6-7-15(11)25-18(22)23)17(24)19(26-8-3-9-27-19)13-4-2-5-14(20)16(13)21/h2,4-7,10,17-18,24H,3,8-9H2,1H3. The molecule has 0 aromatic heterocycles. The fourth-order valence-electron chi connectivity index (χ4n) is 3.07. The van der Waals surface area contributed by atoms with Crippen LogP contribution in [0.3, 0.4) is 0 Å². The molecule has 0 saturated carbocycles. The van der Waals surface area contributed by atoms with Crippen molar-refractivity contribution in [1.29, 1.82) is 0 Å². The van der Waals surface area contributed by atoms with Gasteiger partial charge in [0.2, 0.25) is 0 Å². The summed E-state index contributed by atoms with van der Waals surface area (Å²) in [4.78, 5) is 0. The number of aliphatic hydroxyl groups is 1. The van der Waals surface area contributed by atoms with Crippen LogP contribution in [0.1, 0.15) is 29.2 Å². The van der Waals surface area contributed by atoms with Gasteiger partial charge in [0, 0.05) is 5.56 Å². The monoisotopic (exact) mass is 418 g/mol. The molecule has 0 aliphatic carbocycles. The molecular weight excluding hydrogens is 400 g/mol. The lowest BCUT2D eigenvalue weighted by atomic mass is 9.98. The number of rotatable bonds is 5. The van der Waals surface area contributed by atoms with Crippen molar-refractivity contribution in [3.05, 3.63) is 64.7 Å². The van der Waals surface area contributed by atoms with Crippen LogP contribution in [-0.2, 0) is 4.08 Å². The van der Waals surface area contributed by atoms with Crippen molar-refractivity contribution in [3.8, 4) is 5.75 Å². The molecule has 1 aliphatic rings. The van der Waals surface area contributed by atoms with E-state index in [1.165, 1.54) is 53.9 Å². The minimum atomic E-state index is -2.95. The lowest BCUT2D eigenvalue weighted by Crippen LogP contribution is -2.32. The summed E-state index contributed by atoms with van der Waals surface area (Å²) in [6, 6.07) is 8.31. The third kappa shape index (κ3) is 4.07. The average molecular weight is 418 g/mol. The van der Waals surface area contributed by atoms with Gasteiger partial charge in [0.15, 0.2) is 11.6 Å². The molecule has 2 aromatic rings. The first-order chi connectivity index (χ1) is 12.8. The van der Waals surface area contributed by atoms with E-state index in [0.717, 1.165) is 12.5 Å². The Balaban J connectivity index is 2.03. The zero-order valence-corrected chi connectivity index (χ0v) is 16.1. The highest BCUT2D eigenvalue weighted by Gasteiger charge is 2.45. The predicted molar refractivity (Wildman–Crippen MR) is 100 cm³/mol. The average Bonchev–Trinajstić information content (AvgIpc) is 2.65. The topological polar surface area (TPSA) is 29.5 Å². The van der Waals surface area contributed by atoms with E-state index in [9.17, 15) is 22.7 Å². The molecule has 8 heteroatoms. The Morgan fingerprint density at radius 2 is 1.81 bits per heavy atom. The maximum absolute atomic E-state index is 14.6. The van der Waals surface area contributed by atoms with Crippen LogP contribution < -0.4 is 4.74 Å². The van der Waals surface area contributed by atoms with Crippen molar-refractivity contribution < 1.29 is 27.4 Å². The van der Waals surface area contributed by atoms with Gasteiger partial charge in [-0.1, -0.05) is 18.2 Å². The van der Waals surface area contributed by atoms with Crippen molar-refractivity contribution in [2.24, 2.45) is 0 Å². The maximum Gasteiger partial charge on any atom is 0.387 e. The minimum Gasteiger partial charge on any atom is -0.435 e. The fourth-order valence-corrected chi connectivity index (χ4v) is 6.49. The van der Waals surface area contributed by atoms with E-state index in [1.54, 1.807) is 6.92 Å². The number of hydrogen-bond donors (Lipinski definition) is 1. The van der Waals surface area contributed by atoms with E-state index in [4.69, 9.17) is 0 Å². The van der Waals surface area contributed by atoms with Crippen LogP contribution >= 0.6 is 23.5 Å². The smallest absolute Gasteiger partial charge is 0.387 e. The summed E-state index contributed by atoms with van der Waals surface area (Å²) in [5.74, 6) is -0.566. The summed E-state index contributed by atoms with van der Waals surface area (Å²) < 4.78 is 56.7. The Hall–Kier alpha value is -1.38. The summed E-state index contributed by atoms with van der Waals surface area (Å²) in [6.45, 7) is -1.36. The zero-order valence-electron chi connectivity index (χ0n) is 14.4. The first-order valence-corrected chi connectivity index (χ1v) is 10.3. The highest BCUT2D eigenvalue weighted by atomic mass is 32.2. The lowest BCUT2D eigenvalue weighted by Gasteiger charge is -2.40. The highest BCUT2D eigenvalue weighted by Crippen LogP contribution is 2.58. The summed E-state index contributed by atoms with van der Waals surface area (Å²) in [7, 11) is 0. The third-order valence-corrected chi connectivity index (χ3v) is 7.78. The number of aliphatic hydroxyl groups excluding tert-OH is 1. The molecular formula is C19H18F4O2S2. The Bertz CT molecular complexity index is 810. The number of aryl methyl sites for hydroxylation is 1. The van der Waals surface area contributed by atoms with Crippen molar-refractivity contribution in [2.45, 2.75) is 30.1 Å².